The third-order valence-electron chi connectivity index (χ3n) is 5.58. The molecule has 2 aliphatic heterocycles. The topological polar surface area (TPSA) is 80.3 Å². The number of fused-ring (bicyclic) bond motifs is 2. The number of hydrogen-bond acceptors (Lipinski definition) is 6. The summed E-state index contributed by atoms with van der Waals surface area (Å²) in [5.74, 6) is 2.33. The van der Waals surface area contributed by atoms with Gasteiger partial charge in [0.1, 0.15) is 5.82 Å². The molecule has 2 aromatic heterocycles. The summed E-state index contributed by atoms with van der Waals surface area (Å²) in [6.07, 6.45) is 4.50. The van der Waals surface area contributed by atoms with Crippen molar-refractivity contribution in [3.8, 4) is 22.8 Å². The lowest BCUT2D eigenvalue weighted by atomic mass is 10.1. The third kappa shape index (κ3) is 3.68. The van der Waals surface area contributed by atoms with Gasteiger partial charge in [-0.2, -0.15) is 0 Å². The molecule has 5 rings (SSSR count). The summed E-state index contributed by atoms with van der Waals surface area (Å²) in [7, 11) is 0. The summed E-state index contributed by atoms with van der Waals surface area (Å²) in [6, 6.07) is 9.97. The van der Waals surface area contributed by atoms with Crippen LogP contribution in [0.5, 0.6) is 11.5 Å². The zero-order valence-electron chi connectivity index (χ0n) is 17.0. The Labute approximate surface area is 174 Å². The van der Waals surface area contributed by atoms with E-state index in [-0.39, 0.29) is 12.4 Å². The normalized spacial score (nSPS) is 15.2. The molecule has 0 atom stereocenters. The summed E-state index contributed by atoms with van der Waals surface area (Å²) in [4.78, 5) is 27.0. The summed E-state index contributed by atoms with van der Waals surface area (Å²) < 4.78 is 10.8. The first-order valence-electron chi connectivity index (χ1n) is 10.4. The van der Waals surface area contributed by atoms with Gasteiger partial charge in [-0.1, -0.05) is 13.0 Å². The van der Waals surface area contributed by atoms with E-state index >= 15 is 0 Å². The fourth-order valence-electron chi connectivity index (χ4n) is 4.03. The predicted octanol–water partition coefficient (Wildman–Crippen LogP) is 3.07. The van der Waals surface area contributed by atoms with Crippen LogP contribution in [0, 0.1) is 0 Å². The first-order chi connectivity index (χ1) is 14.7. The van der Waals surface area contributed by atoms with Gasteiger partial charge in [0.25, 0.3) is 5.56 Å². The van der Waals surface area contributed by atoms with Crippen molar-refractivity contribution in [3.05, 3.63) is 69.5 Å². The smallest absolute Gasteiger partial charge is 0.255 e. The first kappa shape index (κ1) is 18.8. The van der Waals surface area contributed by atoms with Gasteiger partial charge in [0.15, 0.2) is 11.5 Å². The second kappa shape index (κ2) is 7.91. The second-order valence-corrected chi connectivity index (χ2v) is 7.77. The van der Waals surface area contributed by atoms with Gasteiger partial charge < -0.3 is 14.5 Å². The van der Waals surface area contributed by atoms with Gasteiger partial charge in [0.05, 0.1) is 17.0 Å². The largest absolute Gasteiger partial charge is 0.454 e. The number of benzene rings is 1. The van der Waals surface area contributed by atoms with E-state index in [0.29, 0.717) is 6.54 Å². The average molecular weight is 404 g/mol. The molecule has 1 N–H and O–H groups in total. The van der Waals surface area contributed by atoms with Crippen LogP contribution in [0.1, 0.15) is 36.0 Å². The molecule has 0 bridgehead atoms. The molecule has 0 amide bonds. The van der Waals surface area contributed by atoms with Crippen LogP contribution in [0.2, 0.25) is 0 Å². The number of nitrogens with one attached hydrogen (secondary N) is 1. The number of H-pyrrole nitrogens is 1. The summed E-state index contributed by atoms with van der Waals surface area (Å²) in [5, 5.41) is 0. The molecule has 0 radical (unpaired) electrons. The van der Waals surface area contributed by atoms with E-state index < -0.39 is 0 Å². The van der Waals surface area contributed by atoms with Gasteiger partial charge >= 0.3 is 0 Å². The van der Waals surface area contributed by atoms with Gasteiger partial charge in [-0.15, -0.1) is 0 Å². The van der Waals surface area contributed by atoms with Crippen LogP contribution < -0.4 is 15.0 Å². The lowest BCUT2D eigenvalue weighted by Gasteiger charge is -2.27. The molecule has 1 aromatic carbocycles. The highest BCUT2D eigenvalue weighted by Gasteiger charge is 2.21. The fraction of sp³-hybridized carbons (Fsp3) is 0.348. The SMILES string of the molecule is CCCc1nc2c(c(=O)[nH]1)CN(Cc1ccc(-c3ccc4c(c3)OCO4)nc1)CC2. The molecule has 2 aliphatic rings. The minimum Gasteiger partial charge on any atom is -0.454 e. The molecular formula is C23H24N4O3. The average Bonchev–Trinajstić information content (AvgIpc) is 3.23. The van der Waals surface area contributed by atoms with Gasteiger partial charge in [0.2, 0.25) is 6.79 Å². The Bertz CT molecular complexity index is 1120. The second-order valence-electron chi connectivity index (χ2n) is 7.77. The number of ether oxygens (including phenoxy) is 2. The molecule has 0 fully saturated rings. The number of aryl methyl sites for hydroxylation is 1. The van der Waals surface area contributed by atoms with Crippen LogP contribution in [0.25, 0.3) is 11.3 Å². The lowest BCUT2D eigenvalue weighted by molar-refractivity contribution is 0.174. The molecule has 7 heteroatoms. The van der Waals surface area contributed by atoms with Gasteiger partial charge in [-0.05, 0) is 36.2 Å². The van der Waals surface area contributed by atoms with Crippen molar-refractivity contribution in [2.24, 2.45) is 0 Å². The number of pyridine rings is 1. The highest BCUT2D eigenvalue weighted by Crippen LogP contribution is 2.35. The Hall–Kier alpha value is -3.19. The van der Waals surface area contributed by atoms with Crippen LogP contribution in [0.3, 0.4) is 0 Å². The molecule has 4 heterocycles. The summed E-state index contributed by atoms with van der Waals surface area (Å²) >= 11 is 0. The highest BCUT2D eigenvalue weighted by molar-refractivity contribution is 5.64. The van der Waals surface area contributed by atoms with Crippen LogP contribution in [0.15, 0.2) is 41.3 Å². The van der Waals surface area contributed by atoms with E-state index in [4.69, 9.17) is 9.47 Å². The van der Waals surface area contributed by atoms with E-state index in [2.05, 4.69) is 32.8 Å². The maximum Gasteiger partial charge on any atom is 0.255 e. The molecular weight excluding hydrogens is 380 g/mol. The standard InChI is InChI=1S/C23H24N4O3/c1-2-3-22-25-19-8-9-27(13-17(19)23(28)26-22)12-15-4-6-18(24-11-15)16-5-7-20-21(10-16)30-14-29-20/h4-7,10-11H,2-3,8-9,12-14H2,1H3,(H,25,26,28). The van der Waals surface area contributed by atoms with E-state index in [9.17, 15) is 4.79 Å². The quantitative estimate of drug-likeness (QED) is 0.704. The maximum atomic E-state index is 12.5. The van der Waals surface area contributed by atoms with Crippen molar-refractivity contribution in [2.45, 2.75) is 39.3 Å². The predicted molar refractivity (Wildman–Crippen MR) is 112 cm³/mol. The van der Waals surface area contributed by atoms with E-state index in [1.54, 1.807) is 0 Å². The van der Waals surface area contributed by atoms with Gasteiger partial charge in [0, 0.05) is 44.2 Å². The van der Waals surface area contributed by atoms with Crippen molar-refractivity contribution >= 4 is 0 Å². The van der Waals surface area contributed by atoms with Crippen LogP contribution >= 0.6 is 0 Å². The molecule has 154 valence electrons. The highest BCUT2D eigenvalue weighted by atomic mass is 16.7. The number of nitrogens with zero attached hydrogens (tertiary/aromatic N) is 3. The molecule has 7 nitrogen and oxygen atoms in total. The molecule has 0 unspecified atom stereocenters. The van der Waals surface area contributed by atoms with Crippen molar-refractivity contribution in [2.75, 3.05) is 13.3 Å². The maximum absolute atomic E-state index is 12.5. The van der Waals surface area contributed by atoms with Crippen molar-refractivity contribution < 1.29 is 9.47 Å². The number of rotatable bonds is 5. The molecule has 0 spiro atoms. The van der Waals surface area contributed by atoms with E-state index in [0.717, 1.165) is 77.8 Å². The Morgan fingerprint density at radius 3 is 2.90 bits per heavy atom. The van der Waals surface area contributed by atoms with E-state index in [1.807, 2.05) is 30.5 Å². The lowest BCUT2D eigenvalue weighted by Crippen LogP contribution is -2.35. The molecule has 0 aliphatic carbocycles. The molecule has 0 saturated carbocycles. The molecule has 3 aromatic rings. The van der Waals surface area contributed by atoms with Gasteiger partial charge in [-0.25, -0.2) is 4.98 Å². The Morgan fingerprint density at radius 2 is 2.07 bits per heavy atom. The number of aromatic nitrogens is 3. The minimum absolute atomic E-state index is 0.00410. The Balaban J connectivity index is 1.28. The number of hydrogen-bond donors (Lipinski definition) is 1. The summed E-state index contributed by atoms with van der Waals surface area (Å²) in [6.45, 7) is 4.62. The van der Waals surface area contributed by atoms with Crippen LogP contribution in [0.4, 0.5) is 0 Å². The molecule has 0 saturated heterocycles. The van der Waals surface area contributed by atoms with Crippen LogP contribution in [-0.4, -0.2) is 33.2 Å². The van der Waals surface area contributed by atoms with Crippen molar-refractivity contribution in [1.82, 2.24) is 19.9 Å². The molecule has 30 heavy (non-hydrogen) atoms. The van der Waals surface area contributed by atoms with E-state index in [1.165, 1.54) is 0 Å². The van der Waals surface area contributed by atoms with Crippen LogP contribution in [-0.2, 0) is 25.9 Å². The monoisotopic (exact) mass is 404 g/mol. The van der Waals surface area contributed by atoms with Gasteiger partial charge in [-0.3, -0.25) is 14.7 Å². The summed E-state index contributed by atoms with van der Waals surface area (Å²) in [5.41, 5.74) is 4.77. The zero-order valence-corrected chi connectivity index (χ0v) is 17.0. The zero-order chi connectivity index (χ0) is 20.5. The number of aromatic amines is 1. The fourth-order valence-corrected chi connectivity index (χ4v) is 4.03. The third-order valence-corrected chi connectivity index (χ3v) is 5.58. The Kier molecular flexibility index (Phi) is 4.96. The van der Waals surface area contributed by atoms with Crippen molar-refractivity contribution in [3.63, 3.8) is 0 Å². The first-order valence-corrected chi connectivity index (χ1v) is 10.4. The minimum atomic E-state index is 0.00410. The Morgan fingerprint density at radius 1 is 1.17 bits per heavy atom. The van der Waals surface area contributed by atoms with Crippen molar-refractivity contribution in [1.29, 1.82) is 0 Å².